The van der Waals surface area contributed by atoms with Crippen LogP contribution in [0.15, 0.2) is 0 Å². The van der Waals surface area contributed by atoms with Gasteiger partial charge in [-0.3, -0.25) is 4.90 Å². The summed E-state index contributed by atoms with van der Waals surface area (Å²) in [7, 11) is 2.17. The fourth-order valence-corrected chi connectivity index (χ4v) is 11.9. The zero-order valence-electron chi connectivity index (χ0n) is 29.1. The highest BCUT2D eigenvalue weighted by Crippen LogP contribution is 2.87. The van der Waals surface area contributed by atoms with Crippen LogP contribution in [-0.2, 0) is 14.2 Å². The minimum Gasteiger partial charge on any atom is -0.393 e. The zero-order chi connectivity index (χ0) is 31.2. The Morgan fingerprint density at radius 2 is 1.86 bits per heavy atom. The monoisotopic (exact) mass is 606 g/mol. The second kappa shape index (κ2) is 13.1. The maximum atomic E-state index is 11.4. The highest BCUT2D eigenvalue weighted by atomic mass is 16.7. The first kappa shape index (κ1) is 34.1. The van der Waals surface area contributed by atoms with Crippen molar-refractivity contribution in [3.05, 3.63) is 0 Å². The van der Waals surface area contributed by atoms with Crippen LogP contribution in [0.1, 0.15) is 126 Å². The third-order valence-electron chi connectivity index (χ3n) is 13.9. The lowest BCUT2D eigenvalue weighted by Crippen LogP contribution is -2.54. The molecule has 0 aromatic carbocycles. The first-order valence-electron chi connectivity index (χ1n) is 18.3. The van der Waals surface area contributed by atoms with Crippen LogP contribution in [0.2, 0.25) is 0 Å². The van der Waals surface area contributed by atoms with Crippen molar-refractivity contribution in [2.75, 3.05) is 33.4 Å². The zero-order valence-corrected chi connectivity index (χ0v) is 29.1. The van der Waals surface area contributed by atoms with Gasteiger partial charge < -0.3 is 24.4 Å². The third-order valence-corrected chi connectivity index (χ3v) is 13.9. The summed E-state index contributed by atoms with van der Waals surface area (Å²) in [6.07, 6.45) is 13.9. The van der Waals surface area contributed by atoms with Gasteiger partial charge in [-0.05, 0) is 131 Å². The van der Waals surface area contributed by atoms with Crippen molar-refractivity contribution in [1.82, 2.24) is 4.90 Å². The molecule has 6 heteroatoms. The SMILES string of the molecule is CCCCC12C(C3CC(O)C(CCCC(OCC)C(C)(C)O)C3)CCC3C(C)(C)C(OC4CN(C)CCO4)CCC31C2C. The number of nitrogens with zero attached hydrogens (tertiary/aromatic N) is 1. The van der Waals surface area contributed by atoms with E-state index in [4.69, 9.17) is 14.2 Å². The van der Waals surface area contributed by atoms with Crippen LogP contribution in [0.5, 0.6) is 0 Å². The van der Waals surface area contributed by atoms with Crippen LogP contribution in [0.25, 0.3) is 0 Å². The first-order valence-corrected chi connectivity index (χ1v) is 18.3. The summed E-state index contributed by atoms with van der Waals surface area (Å²) < 4.78 is 18.8. The Morgan fingerprint density at radius 1 is 1.09 bits per heavy atom. The summed E-state index contributed by atoms with van der Waals surface area (Å²) in [4.78, 5) is 2.34. The molecule has 0 aromatic heterocycles. The molecule has 0 amide bonds. The van der Waals surface area contributed by atoms with E-state index in [9.17, 15) is 10.2 Å². The molecule has 5 rings (SSSR count). The van der Waals surface area contributed by atoms with Crippen molar-refractivity contribution in [2.45, 2.75) is 156 Å². The Morgan fingerprint density at radius 3 is 2.53 bits per heavy atom. The molecule has 1 aliphatic heterocycles. The van der Waals surface area contributed by atoms with E-state index >= 15 is 0 Å². The number of likely N-dealkylation sites (N-methyl/N-ethyl adjacent to an activating group) is 1. The van der Waals surface area contributed by atoms with Gasteiger partial charge in [-0.15, -0.1) is 0 Å². The van der Waals surface area contributed by atoms with Gasteiger partial charge in [0.1, 0.15) is 0 Å². The third kappa shape index (κ3) is 6.13. The van der Waals surface area contributed by atoms with E-state index in [-0.39, 0.29) is 30.0 Å². The minimum atomic E-state index is -0.828. The molecular weight excluding hydrogens is 538 g/mol. The summed E-state index contributed by atoms with van der Waals surface area (Å²) in [5.41, 5.74) is 0.167. The molecule has 0 radical (unpaired) electrons. The summed E-state index contributed by atoms with van der Waals surface area (Å²) in [5, 5.41) is 21.9. The van der Waals surface area contributed by atoms with Crippen molar-refractivity contribution in [3.8, 4) is 0 Å². The highest BCUT2D eigenvalue weighted by molar-refractivity contribution is 5.29. The number of morpholine rings is 1. The van der Waals surface area contributed by atoms with Gasteiger partial charge in [0.05, 0.1) is 30.5 Å². The number of unbranched alkanes of at least 4 members (excludes halogenated alkanes) is 1. The Kier molecular flexibility index (Phi) is 10.4. The molecule has 5 aliphatic rings. The summed E-state index contributed by atoms with van der Waals surface area (Å²) in [6.45, 7) is 19.0. The molecule has 2 N–H and O–H groups in total. The maximum absolute atomic E-state index is 11.4. The Labute approximate surface area is 264 Å². The second-order valence-electron chi connectivity index (χ2n) is 16.8. The van der Waals surface area contributed by atoms with E-state index in [2.05, 4.69) is 39.6 Å². The van der Waals surface area contributed by atoms with Crippen LogP contribution in [-0.4, -0.2) is 78.7 Å². The Bertz CT molecular complexity index is 919. The minimum absolute atomic E-state index is 0.0981. The molecule has 11 unspecified atom stereocenters. The molecule has 1 saturated heterocycles. The molecule has 5 fully saturated rings. The average molecular weight is 606 g/mol. The number of hydrogen-bond acceptors (Lipinski definition) is 6. The molecule has 0 bridgehead atoms. The molecule has 4 aliphatic carbocycles. The van der Waals surface area contributed by atoms with Gasteiger partial charge >= 0.3 is 0 Å². The highest BCUT2D eigenvalue weighted by Gasteiger charge is 2.82. The summed E-state index contributed by atoms with van der Waals surface area (Å²) in [5.74, 6) is 3.22. The predicted molar refractivity (Wildman–Crippen MR) is 173 cm³/mol. The number of rotatable bonds is 13. The largest absolute Gasteiger partial charge is 0.393 e. The summed E-state index contributed by atoms with van der Waals surface area (Å²) in [6, 6.07) is 0. The van der Waals surface area contributed by atoms with E-state index in [0.717, 1.165) is 63.6 Å². The summed E-state index contributed by atoms with van der Waals surface area (Å²) >= 11 is 0. The van der Waals surface area contributed by atoms with Gasteiger partial charge in [0.25, 0.3) is 0 Å². The van der Waals surface area contributed by atoms with Crippen LogP contribution < -0.4 is 0 Å². The van der Waals surface area contributed by atoms with E-state index in [1.165, 1.54) is 44.9 Å². The van der Waals surface area contributed by atoms with E-state index < -0.39 is 5.60 Å². The van der Waals surface area contributed by atoms with Crippen molar-refractivity contribution in [1.29, 1.82) is 0 Å². The van der Waals surface area contributed by atoms with Crippen molar-refractivity contribution >= 4 is 0 Å². The topological polar surface area (TPSA) is 71.4 Å². The fraction of sp³-hybridized carbons (Fsp3) is 1.00. The van der Waals surface area contributed by atoms with Gasteiger partial charge in [-0.2, -0.15) is 0 Å². The van der Waals surface area contributed by atoms with Gasteiger partial charge in [0, 0.05) is 19.7 Å². The molecule has 0 aromatic rings. The number of aliphatic hydroxyl groups excluding tert-OH is 1. The smallest absolute Gasteiger partial charge is 0.170 e. The lowest BCUT2D eigenvalue weighted by atomic mass is 9.50. The van der Waals surface area contributed by atoms with Crippen LogP contribution in [0, 0.1) is 45.8 Å². The maximum Gasteiger partial charge on any atom is 0.170 e. The number of ether oxygens (including phenoxy) is 3. The second-order valence-corrected chi connectivity index (χ2v) is 16.8. The predicted octanol–water partition coefficient (Wildman–Crippen LogP) is 7.05. The number of aliphatic hydroxyl groups is 2. The molecule has 4 saturated carbocycles. The molecule has 250 valence electrons. The van der Waals surface area contributed by atoms with E-state index in [1.54, 1.807) is 0 Å². The molecule has 1 heterocycles. The lowest BCUT2D eigenvalue weighted by Gasteiger charge is -2.56. The van der Waals surface area contributed by atoms with Crippen molar-refractivity contribution in [3.63, 3.8) is 0 Å². The molecule has 43 heavy (non-hydrogen) atoms. The van der Waals surface area contributed by atoms with Gasteiger partial charge in [0.15, 0.2) is 6.29 Å². The van der Waals surface area contributed by atoms with E-state index in [0.29, 0.717) is 35.2 Å². The fourth-order valence-electron chi connectivity index (χ4n) is 11.9. The Hall–Kier alpha value is -0.240. The van der Waals surface area contributed by atoms with Crippen LogP contribution in [0.4, 0.5) is 0 Å². The van der Waals surface area contributed by atoms with Gasteiger partial charge in [-0.25, -0.2) is 0 Å². The quantitative estimate of drug-likeness (QED) is 0.234. The van der Waals surface area contributed by atoms with E-state index in [1.807, 2.05) is 20.8 Å². The Balaban J connectivity index is 1.28. The molecular formula is C37H67NO5. The first-order chi connectivity index (χ1) is 20.3. The van der Waals surface area contributed by atoms with Crippen molar-refractivity contribution in [2.24, 2.45) is 45.8 Å². The molecule has 1 spiro atoms. The van der Waals surface area contributed by atoms with Crippen LogP contribution in [0.3, 0.4) is 0 Å². The number of hydrogen-bond donors (Lipinski definition) is 2. The van der Waals surface area contributed by atoms with Crippen LogP contribution >= 0.6 is 0 Å². The van der Waals surface area contributed by atoms with Crippen molar-refractivity contribution < 1.29 is 24.4 Å². The molecule has 6 nitrogen and oxygen atoms in total. The standard InChI is InChI=1S/C37H67NO5/c1-9-11-18-36-25(3)37(36)19-17-31(43-33-24-38(8)20-21-42-33)34(4,5)30(37)16-15-28(36)27-22-26(29(39)23-27)13-12-14-32(41-10-2)35(6,7)40/h25-33,39-40H,9-24H2,1-8H3. The lowest BCUT2D eigenvalue weighted by molar-refractivity contribution is -0.242. The van der Waals surface area contributed by atoms with Gasteiger partial charge in [-0.1, -0.05) is 47.0 Å². The van der Waals surface area contributed by atoms with Gasteiger partial charge in [0.2, 0.25) is 0 Å². The normalized spacial score (nSPS) is 43.7. The average Bonchev–Trinajstić information content (AvgIpc) is 3.25. The molecule has 11 atom stereocenters.